The average molecular weight is 256 g/mol. The summed E-state index contributed by atoms with van der Waals surface area (Å²) >= 11 is 0. The van der Waals surface area contributed by atoms with Gasteiger partial charge in [0.15, 0.2) is 5.82 Å². The lowest BCUT2D eigenvalue weighted by Crippen LogP contribution is -2.30. The van der Waals surface area contributed by atoms with Gasteiger partial charge in [0.05, 0.1) is 0 Å². The molecule has 1 aliphatic rings. The molecule has 1 atom stereocenters. The molecule has 1 aromatic heterocycles. The minimum atomic E-state index is 0.542. The predicted molar refractivity (Wildman–Crippen MR) is 76.9 cm³/mol. The van der Waals surface area contributed by atoms with E-state index in [1.807, 2.05) is 7.05 Å². The molecule has 0 saturated heterocycles. The van der Waals surface area contributed by atoms with Gasteiger partial charge in [0.2, 0.25) is 0 Å². The third-order valence-electron chi connectivity index (χ3n) is 3.97. The molecule has 0 aliphatic heterocycles. The van der Waals surface area contributed by atoms with Crippen molar-refractivity contribution in [2.24, 2.45) is 13.0 Å². The summed E-state index contributed by atoms with van der Waals surface area (Å²) in [6, 6.07) is 8.89. The van der Waals surface area contributed by atoms with E-state index in [1.54, 1.807) is 11.0 Å². The first-order valence-corrected chi connectivity index (χ1v) is 6.95. The summed E-state index contributed by atoms with van der Waals surface area (Å²) in [5.74, 6) is 1.61. The summed E-state index contributed by atoms with van der Waals surface area (Å²) in [5.41, 5.74) is 2.22. The molecule has 1 N–H and O–H groups in total. The quantitative estimate of drug-likeness (QED) is 0.914. The normalized spacial score (nSPS) is 16.9. The Hall–Kier alpha value is -1.84. The zero-order chi connectivity index (χ0) is 13.2. The van der Waals surface area contributed by atoms with E-state index in [0.29, 0.717) is 6.04 Å². The molecule has 1 heterocycles. The van der Waals surface area contributed by atoms with Gasteiger partial charge in [0.25, 0.3) is 0 Å². The first kappa shape index (κ1) is 12.2. The van der Waals surface area contributed by atoms with Crippen LogP contribution in [0.15, 0.2) is 30.6 Å². The summed E-state index contributed by atoms with van der Waals surface area (Å²) < 4.78 is 1.73. The molecule has 0 spiro atoms. The molecule has 0 unspecified atom stereocenters. The Morgan fingerprint density at radius 2 is 2.21 bits per heavy atom. The number of rotatable bonds is 4. The van der Waals surface area contributed by atoms with Crippen molar-refractivity contribution < 1.29 is 0 Å². The van der Waals surface area contributed by atoms with Crippen LogP contribution in [-0.2, 0) is 7.05 Å². The van der Waals surface area contributed by atoms with Crippen molar-refractivity contribution in [1.29, 1.82) is 0 Å². The zero-order valence-electron chi connectivity index (χ0n) is 11.5. The van der Waals surface area contributed by atoms with Crippen LogP contribution >= 0.6 is 0 Å². The van der Waals surface area contributed by atoms with E-state index in [1.165, 1.54) is 19.3 Å². The monoisotopic (exact) mass is 256 g/mol. The SMILES string of the molecule is C[C@@H](Nc1cccc(-c2ncn(C)n2)c1)C1CCC1. The van der Waals surface area contributed by atoms with Crippen LogP contribution < -0.4 is 5.32 Å². The molecular weight excluding hydrogens is 236 g/mol. The van der Waals surface area contributed by atoms with Gasteiger partial charge in [0.1, 0.15) is 6.33 Å². The van der Waals surface area contributed by atoms with E-state index in [9.17, 15) is 0 Å². The fraction of sp³-hybridized carbons (Fsp3) is 0.467. The maximum Gasteiger partial charge on any atom is 0.181 e. The maximum absolute atomic E-state index is 4.34. The molecule has 0 radical (unpaired) electrons. The summed E-state index contributed by atoms with van der Waals surface area (Å²) in [7, 11) is 1.89. The van der Waals surface area contributed by atoms with E-state index in [0.717, 1.165) is 23.0 Å². The smallest absolute Gasteiger partial charge is 0.181 e. The van der Waals surface area contributed by atoms with Gasteiger partial charge >= 0.3 is 0 Å². The molecule has 1 aliphatic carbocycles. The second-order valence-electron chi connectivity index (χ2n) is 5.45. The minimum Gasteiger partial charge on any atom is -0.382 e. The third kappa shape index (κ3) is 2.62. The van der Waals surface area contributed by atoms with Crippen LogP contribution in [0.25, 0.3) is 11.4 Å². The van der Waals surface area contributed by atoms with E-state index < -0.39 is 0 Å². The van der Waals surface area contributed by atoms with Gasteiger partial charge in [-0.15, -0.1) is 0 Å². The number of anilines is 1. The van der Waals surface area contributed by atoms with Crippen LogP contribution in [0.4, 0.5) is 5.69 Å². The molecule has 4 heteroatoms. The molecule has 100 valence electrons. The number of hydrogen-bond donors (Lipinski definition) is 1. The molecule has 19 heavy (non-hydrogen) atoms. The van der Waals surface area contributed by atoms with E-state index in [4.69, 9.17) is 0 Å². The van der Waals surface area contributed by atoms with Crippen LogP contribution in [0.5, 0.6) is 0 Å². The van der Waals surface area contributed by atoms with Crippen molar-refractivity contribution in [3.8, 4) is 11.4 Å². The zero-order valence-corrected chi connectivity index (χ0v) is 11.5. The summed E-state index contributed by atoms with van der Waals surface area (Å²) in [4.78, 5) is 4.29. The summed E-state index contributed by atoms with van der Waals surface area (Å²) in [5, 5.41) is 7.94. The van der Waals surface area contributed by atoms with Crippen LogP contribution in [0.3, 0.4) is 0 Å². The van der Waals surface area contributed by atoms with Crippen molar-refractivity contribution in [1.82, 2.24) is 14.8 Å². The van der Waals surface area contributed by atoms with Gasteiger partial charge in [-0.2, -0.15) is 5.10 Å². The predicted octanol–water partition coefficient (Wildman–Crippen LogP) is 3.08. The van der Waals surface area contributed by atoms with Crippen molar-refractivity contribution in [3.63, 3.8) is 0 Å². The lowest BCUT2D eigenvalue weighted by molar-refractivity contribution is 0.285. The van der Waals surface area contributed by atoms with Crippen LogP contribution in [-0.4, -0.2) is 20.8 Å². The highest BCUT2D eigenvalue weighted by Crippen LogP contribution is 2.31. The molecular formula is C15H20N4. The number of nitrogens with zero attached hydrogens (tertiary/aromatic N) is 3. The number of benzene rings is 1. The number of hydrogen-bond acceptors (Lipinski definition) is 3. The number of aromatic nitrogens is 3. The van der Waals surface area contributed by atoms with Crippen LogP contribution in [0.2, 0.25) is 0 Å². The fourth-order valence-electron chi connectivity index (χ4n) is 2.54. The Balaban J connectivity index is 1.75. The van der Waals surface area contributed by atoms with Gasteiger partial charge in [-0.1, -0.05) is 18.6 Å². The Bertz CT molecular complexity index is 557. The second kappa shape index (κ2) is 5.03. The average Bonchev–Trinajstić information content (AvgIpc) is 2.74. The van der Waals surface area contributed by atoms with Gasteiger partial charge in [-0.25, -0.2) is 4.98 Å². The molecule has 0 bridgehead atoms. The van der Waals surface area contributed by atoms with Gasteiger partial charge in [-0.3, -0.25) is 4.68 Å². The first-order valence-electron chi connectivity index (χ1n) is 6.95. The minimum absolute atomic E-state index is 0.542. The topological polar surface area (TPSA) is 42.7 Å². The maximum atomic E-state index is 4.34. The van der Waals surface area contributed by atoms with Crippen LogP contribution in [0.1, 0.15) is 26.2 Å². The largest absolute Gasteiger partial charge is 0.382 e. The Morgan fingerprint density at radius 3 is 2.84 bits per heavy atom. The van der Waals surface area contributed by atoms with Gasteiger partial charge in [-0.05, 0) is 37.8 Å². The number of nitrogens with one attached hydrogen (secondary N) is 1. The van der Waals surface area contributed by atoms with Crippen molar-refractivity contribution in [3.05, 3.63) is 30.6 Å². The van der Waals surface area contributed by atoms with E-state index in [2.05, 4.69) is 46.6 Å². The highest BCUT2D eigenvalue weighted by Gasteiger charge is 2.23. The molecule has 3 rings (SSSR count). The number of aryl methyl sites for hydroxylation is 1. The molecule has 1 fully saturated rings. The van der Waals surface area contributed by atoms with Crippen LogP contribution in [0, 0.1) is 5.92 Å². The standard InChI is InChI=1S/C15H20N4/c1-11(12-5-3-6-12)17-14-8-4-7-13(9-14)15-16-10-19(2)18-15/h4,7-12,17H,3,5-6H2,1-2H3/t11-/m1/s1. The summed E-state index contributed by atoms with van der Waals surface area (Å²) in [6.45, 7) is 2.27. The Kier molecular flexibility index (Phi) is 3.23. The molecule has 4 nitrogen and oxygen atoms in total. The summed E-state index contributed by atoms with van der Waals surface area (Å²) in [6.07, 6.45) is 5.83. The van der Waals surface area contributed by atoms with Crippen molar-refractivity contribution in [2.75, 3.05) is 5.32 Å². The van der Waals surface area contributed by atoms with Crippen molar-refractivity contribution >= 4 is 5.69 Å². The van der Waals surface area contributed by atoms with Gasteiger partial charge in [0, 0.05) is 24.3 Å². The third-order valence-corrected chi connectivity index (χ3v) is 3.97. The highest BCUT2D eigenvalue weighted by atomic mass is 15.3. The highest BCUT2D eigenvalue weighted by molar-refractivity contribution is 5.62. The molecule has 0 amide bonds. The molecule has 2 aromatic rings. The lowest BCUT2D eigenvalue weighted by Gasteiger charge is -2.32. The molecule has 1 aromatic carbocycles. The van der Waals surface area contributed by atoms with Crippen molar-refractivity contribution in [2.45, 2.75) is 32.2 Å². The first-order chi connectivity index (χ1) is 9.22. The Morgan fingerprint density at radius 1 is 1.37 bits per heavy atom. The Labute approximate surface area is 113 Å². The van der Waals surface area contributed by atoms with E-state index in [-0.39, 0.29) is 0 Å². The van der Waals surface area contributed by atoms with E-state index >= 15 is 0 Å². The fourth-order valence-corrected chi connectivity index (χ4v) is 2.54. The van der Waals surface area contributed by atoms with Gasteiger partial charge < -0.3 is 5.32 Å². The molecule has 1 saturated carbocycles. The second-order valence-corrected chi connectivity index (χ2v) is 5.45. The lowest BCUT2D eigenvalue weighted by atomic mass is 9.80.